The smallest absolute Gasteiger partial charge is 0.423 e. The molecule has 0 atom stereocenters. The monoisotopic (exact) mass is 186 g/mol. The molecular weight excluding hydrogens is 181 g/mol. The number of halogens is 3. The quantitative estimate of drug-likeness (QED) is 0.644. The molecule has 0 heterocycles. The second-order valence-electron chi connectivity index (χ2n) is 2.22. The van der Waals surface area contributed by atoms with E-state index in [9.17, 15) is 13.2 Å². The van der Waals surface area contributed by atoms with E-state index in [0.717, 1.165) is 18.1 Å². The average molecular weight is 186 g/mol. The molecule has 1 nitrogen and oxygen atoms in total. The van der Waals surface area contributed by atoms with Crippen molar-refractivity contribution in [2.24, 2.45) is 0 Å². The highest BCUT2D eigenvalue weighted by molar-refractivity contribution is 5.23. The minimum atomic E-state index is -3.70. The first-order valence-electron chi connectivity index (χ1n) is 3.34. The molecule has 13 heavy (non-hydrogen) atoms. The molecule has 0 aliphatic rings. The van der Waals surface area contributed by atoms with E-state index in [1.54, 1.807) is 0 Å². The van der Waals surface area contributed by atoms with Crippen LogP contribution in [0.5, 0.6) is 5.75 Å². The first-order chi connectivity index (χ1) is 6.03. The fourth-order valence-corrected chi connectivity index (χ4v) is 0.708. The lowest BCUT2D eigenvalue weighted by Gasteiger charge is -2.11. The first kappa shape index (κ1) is 9.46. The number of rotatable bonds is 2. The van der Waals surface area contributed by atoms with Crippen LogP contribution in [-0.4, -0.2) is 6.11 Å². The number of ether oxygens (including phenoxy) is 1. The van der Waals surface area contributed by atoms with Crippen LogP contribution in [0.15, 0.2) is 24.3 Å². The average Bonchev–Trinajstić information content (AvgIpc) is 2.03. The molecule has 0 saturated heterocycles. The molecule has 0 saturated carbocycles. The molecule has 0 aliphatic carbocycles. The van der Waals surface area contributed by atoms with Crippen LogP contribution in [0.1, 0.15) is 0 Å². The van der Waals surface area contributed by atoms with Gasteiger partial charge >= 0.3 is 6.11 Å². The van der Waals surface area contributed by atoms with Gasteiger partial charge in [0.2, 0.25) is 0 Å². The standard InChI is InChI=1S/C9H5F3O/c1-2-9(11,12)13-8-5-3-4-7(10)6-8/h1,3-6H. The van der Waals surface area contributed by atoms with Crippen molar-refractivity contribution in [2.75, 3.05) is 0 Å². The second-order valence-corrected chi connectivity index (χ2v) is 2.22. The third-order valence-corrected chi connectivity index (χ3v) is 1.21. The van der Waals surface area contributed by atoms with Gasteiger partial charge in [-0.3, -0.25) is 0 Å². The van der Waals surface area contributed by atoms with Crippen molar-refractivity contribution in [3.8, 4) is 18.1 Å². The summed E-state index contributed by atoms with van der Waals surface area (Å²) in [6.07, 6.45) is 0.773. The van der Waals surface area contributed by atoms with Gasteiger partial charge in [0.05, 0.1) is 0 Å². The maximum Gasteiger partial charge on any atom is 0.468 e. The summed E-state index contributed by atoms with van der Waals surface area (Å²) >= 11 is 0. The van der Waals surface area contributed by atoms with Gasteiger partial charge in [-0.15, -0.1) is 6.42 Å². The van der Waals surface area contributed by atoms with E-state index in [0.29, 0.717) is 0 Å². The third kappa shape index (κ3) is 2.71. The lowest BCUT2D eigenvalue weighted by Crippen LogP contribution is -2.21. The Hall–Kier alpha value is -1.63. The maximum atomic E-state index is 12.5. The van der Waals surface area contributed by atoms with Gasteiger partial charge in [-0.1, -0.05) is 6.07 Å². The summed E-state index contributed by atoms with van der Waals surface area (Å²) in [5, 5.41) is 0. The molecule has 1 aromatic carbocycles. The van der Waals surface area contributed by atoms with Crippen molar-refractivity contribution < 1.29 is 17.9 Å². The largest absolute Gasteiger partial charge is 0.468 e. The summed E-state index contributed by atoms with van der Waals surface area (Å²) in [7, 11) is 0. The lowest BCUT2D eigenvalue weighted by atomic mass is 10.3. The molecule has 0 unspecified atom stereocenters. The molecule has 0 radical (unpaired) electrons. The van der Waals surface area contributed by atoms with Crippen molar-refractivity contribution in [1.82, 2.24) is 0 Å². The molecule has 0 amide bonds. The number of hydrogen-bond donors (Lipinski definition) is 0. The molecule has 68 valence electrons. The molecule has 1 aromatic rings. The van der Waals surface area contributed by atoms with Crippen molar-refractivity contribution in [3.05, 3.63) is 30.1 Å². The fraction of sp³-hybridized carbons (Fsp3) is 0.111. The van der Waals surface area contributed by atoms with Gasteiger partial charge < -0.3 is 4.74 Å². The highest BCUT2D eigenvalue weighted by Gasteiger charge is 2.28. The van der Waals surface area contributed by atoms with E-state index in [1.807, 2.05) is 0 Å². The second kappa shape index (κ2) is 3.40. The van der Waals surface area contributed by atoms with Crippen LogP contribution in [0.3, 0.4) is 0 Å². The summed E-state index contributed by atoms with van der Waals surface area (Å²) in [4.78, 5) is 0. The number of benzene rings is 1. The molecule has 0 spiro atoms. The Morgan fingerprint density at radius 2 is 2.08 bits per heavy atom. The normalized spacial score (nSPS) is 10.6. The Kier molecular flexibility index (Phi) is 2.47. The summed E-state index contributed by atoms with van der Waals surface area (Å²) in [6, 6.07) is 4.37. The molecule has 0 bridgehead atoms. The highest BCUT2D eigenvalue weighted by Crippen LogP contribution is 2.20. The first-order valence-corrected chi connectivity index (χ1v) is 3.34. The maximum absolute atomic E-state index is 12.5. The van der Waals surface area contributed by atoms with E-state index < -0.39 is 11.9 Å². The van der Waals surface area contributed by atoms with E-state index in [2.05, 4.69) is 11.2 Å². The summed E-state index contributed by atoms with van der Waals surface area (Å²) < 4.78 is 41.3. The van der Waals surface area contributed by atoms with Crippen molar-refractivity contribution in [1.29, 1.82) is 0 Å². The Labute approximate surface area is 73.1 Å². The number of hydrogen-bond acceptors (Lipinski definition) is 1. The van der Waals surface area contributed by atoms with Gasteiger partial charge in [-0.2, -0.15) is 8.78 Å². The van der Waals surface area contributed by atoms with E-state index >= 15 is 0 Å². The zero-order valence-corrected chi connectivity index (χ0v) is 6.43. The van der Waals surface area contributed by atoms with Crippen LogP contribution in [0.25, 0.3) is 0 Å². The fourth-order valence-electron chi connectivity index (χ4n) is 0.708. The predicted molar refractivity (Wildman–Crippen MR) is 40.8 cm³/mol. The molecule has 0 fully saturated rings. The van der Waals surface area contributed by atoms with Gasteiger partial charge in [0, 0.05) is 12.0 Å². The topological polar surface area (TPSA) is 9.23 Å². The third-order valence-electron chi connectivity index (χ3n) is 1.21. The van der Waals surface area contributed by atoms with Crippen LogP contribution < -0.4 is 4.74 Å². The van der Waals surface area contributed by atoms with Gasteiger partial charge in [-0.05, 0) is 12.1 Å². The van der Waals surface area contributed by atoms with Gasteiger partial charge in [0.15, 0.2) is 0 Å². The van der Waals surface area contributed by atoms with Crippen molar-refractivity contribution in [2.45, 2.75) is 6.11 Å². The van der Waals surface area contributed by atoms with E-state index in [-0.39, 0.29) is 5.75 Å². The molecular formula is C9H5F3O. The zero-order valence-electron chi connectivity index (χ0n) is 6.43. The van der Waals surface area contributed by atoms with Crippen LogP contribution in [0.2, 0.25) is 0 Å². The SMILES string of the molecule is C#CC(F)(F)Oc1cccc(F)c1. The predicted octanol–water partition coefficient (Wildman–Crippen LogP) is 2.43. The van der Waals surface area contributed by atoms with Gasteiger partial charge in [0.1, 0.15) is 11.6 Å². The Bertz CT molecular complexity index is 341. The van der Waals surface area contributed by atoms with E-state index in [1.165, 1.54) is 12.1 Å². The highest BCUT2D eigenvalue weighted by atomic mass is 19.3. The van der Waals surface area contributed by atoms with Gasteiger partial charge in [0.25, 0.3) is 0 Å². The minimum absolute atomic E-state index is 0.303. The molecule has 0 N–H and O–H groups in total. The van der Waals surface area contributed by atoms with Crippen molar-refractivity contribution >= 4 is 0 Å². The Morgan fingerprint density at radius 3 is 2.62 bits per heavy atom. The van der Waals surface area contributed by atoms with Crippen LogP contribution in [0.4, 0.5) is 13.2 Å². The molecule has 4 heteroatoms. The van der Waals surface area contributed by atoms with Gasteiger partial charge in [-0.25, -0.2) is 4.39 Å². The Morgan fingerprint density at radius 1 is 1.38 bits per heavy atom. The van der Waals surface area contributed by atoms with Crippen LogP contribution in [-0.2, 0) is 0 Å². The van der Waals surface area contributed by atoms with Crippen molar-refractivity contribution in [3.63, 3.8) is 0 Å². The number of terminal acetylenes is 1. The van der Waals surface area contributed by atoms with Crippen LogP contribution >= 0.6 is 0 Å². The summed E-state index contributed by atoms with van der Waals surface area (Å²) in [5.41, 5.74) is 0. The summed E-state index contributed by atoms with van der Waals surface area (Å²) in [5.74, 6) is 0.167. The Balaban J connectivity index is 2.82. The van der Waals surface area contributed by atoms with Crippen LogP contribution in [0, 0.1) is 18.2 Å². The minimum Gasteiger partial charge on any atom is -0.423 e. The number of alkyl halides is 2. The zero-order chi connectivity index (χ0) is 9.90. The van der Waals surface area contributed by atoms with E-state index in [4.69, 9.17) is 0 Å². The lowest BCUT2D eigenvalue weighted by molar-refractivity contribution is -0.122. The molecule has 1 rings (SSSR count). The molecule has 0 aliphatic heterocycles. The molecule has 0 aromatic heterocycles. The summed E-state index contributed by atoms with van der Waals surface area (Å²) in [6.45, 7) is 0.